The van der Waals surface area contributed by atoms with Crippen LogP contribution in [-0.2, 0) is 6.54 Å². The van der Waals surface area contributed by atoms with Gasteiger partial charge in [0.2, 0.25) is 0 Å². The highest BCUT2D eigenvalue weighted by atomic mass is 19.1. The fourth-order valence-corrected chi connectivity index (χ4v) is 2.96. The topological polar surface area (TPSA) is 85.8 Å². The SMILES string of the molecule is Nc1c(C(=O)c2cccc(CNc3ccccn3)c2)cnn1-c1ccc(F)cc1. The van der Waals surface area contributed by atoms with E-state index in [2.05, 4.69) is 15.4 Å². The number of nitrogens with zero attached hydrogens (tertiary/aromatic N) is 3. The van der Waals surface area contributed by atoms with E-state index in [1.54, 1.807) is 24.4 Å². The van der Waals surface area contributed by atoms with Crippen molar-refractivity contribution in [2.24, 2.45) is 0 Å². The maximum absolute atomic E-state index is 13.1. The number of rotatable bonds is 6. The highest BCUT2D eigenvalue weighted by molar-refractivity contribution is 6.11. The third kappa shape index (κ3) is 3.98. The molecule has 0 aliphatic rings. The Labute approximate surface area is 166 Å². The number of carbonyl (C=O) groups is 1. The van der Waals surface area contributed by atoms with E-state index < -0.39 is 0 Å². The van der Waals surface area contributed by atoms with Gasteiger partial charge in [0.1, 0.15) is 17.5 Å². The van der Waals surface area contributed by atoms with E-state index in [4.69, 9.17) is 5.73 Å². The Kier molecular flexibility index (Phi) is 5.03. The Morgan fingerprint density at radius 1 is 1.07 bits per heavy atom. The van der Waals surface area contributed by atoms with Crippen molar-refractivity contribution in [2.75, 3.05) is 11.1 Å². The molecule has 0 radical (unpaired) electrons. The molecule has 0 saturated carbocycles. The van der Waals surface area contributed by atoms with Crippen LogP contribution in [-0.4, -0.2) is 20.5 Å². The number of hydrogen-bond donors (Lipinski definition) is 2. The molecule has 144 valence electrons. The minimum Gasteiger partial charge on any atom is -0.383 e. The smallest absolute Gasteiger partial charge is 0.198 e. The minimum absolute atomic E-state index is 0.207. The van der Waals surface area contributed by atoms with E-state index in [0.717, 1.165) is 11.4 Å². The molecule has 0 aliphatic carbocycles. The van der Waals surface area contributed by atoms with Crippen LogP contribution >= 0.6 is 0 Å². The Balaban J connectivity index is 1.55. The van der Waals surface area contributed by atoms with Gasteiger partial charge in [-0.15, -0.1) is 0 Å². The molecule has 0 aliphatic heterocycles. The van der Waals surface area contributed by atoms with Gasteiger partial charge in [-0.1, -0.05) is 24.3 Å². The second-order valence-electron chi connectivity index (χ2n) is 6.43. The molecule has 4 rings (SSSR count). The summed E-state index contributed by atoms with van der Waals surface area (Å²) in [5, 5.41) is 7.40. The van der Waals surface area contributed by atoms with E-state index in [9.17, 15) is 9.18 Å². The summed E-state index contributed by atoms with van der Waals surface area (Å²) in [6.07, 6.45) is 3.14. The summed E-state index contributed by atoms with van der Waals surface area (Å²) >= 11 is 0. The van der Waals surface area contributed by atoms with Crippen LogP contribution in [0.25, 0.3) is 5.69 Å². The predicted octanol–water partition coefficient (Wildman–Crippen LogP) is 3.83. The Morgan fingerprint density at radius 3 is 2.66 bits per heavy atom. The van der Waals surface area contributed by atoms with Crippen LogP contribution in [0.15, 0.2) is 79.1 Å². The monoisotopic (exact) mass is 387 g/mol. The van der Waals surface area contributed by atoms with Crippen LogP contribution < -0.4 is 11.1 Å². The molecule has 0 amide bonds. The first kappa shape index (κ1) is 18.4. The molecule has 29 heavy (non-hydrogen) atoms. The van der Waals surface area contributed by atoms with Gasteiger partial charge >= 0.3 is 0 Å². The van der Waals surface area contributed by atoms with Gasteiger partial charge in [0, 0.05) is 18.3 Å². The zero-order chi connectivity index (χ0) is 20.2. The Bertz CT molecular complexity index is 1140. The molecule has 4 aromatic rings. The van der Waals surface area contributed by atoms with Crippen molar-refractivity contribution in [1.82, 2.24) is 14.8 Å². The molecule has 0 unspecified atom stereocenters. The standard InChI is InChI=1S/C22H18FN5O/c23-17-7-9-18(10-8-17)28-22(24)19(14-27-28)21(29)16-5-3-4-15(12-16)13-26-20-6-1-2-11-25-20/h1-12,14H,13,24H2,(H,25,26). The summed E-state index contributed by atoms with van der Waals surface area (Å²) in [6, 6.07) is 18.7. The van der Waals surface area contributed by atoms with E-state index >= 15 is 0 Å². The predicted molar refractivity (Wildman–Crippen MR) is 109 cm³/mol. The normalized spacial score (nSPS) is 10.7. The summed E-state index contributed by atoms with van der Waals surface area (Å²) in [5.74, 6) is 0.384. The molecular weight excluding hydrogens is 369 g/mol. The molecule has 0 spiro atoms. The van der Waals surface area contributed by atoms with Gasteiger partial charge in [-0.25, -0.2) is 14.1 Å². The number of pyridine rings is 1. The molecule has 6 nitrogen and oxygen atoms in total. The largest absolute Gasteiger partial charge is 0.383 e. The number of aromatic nitrogens is 3. The van der Waals surface area contributed by atoms with Crippen LogP contribution in [0.2, 0.25) is 0 Å². The average Bonchev–Trinajstić information content (AvgIpc) is 3.14. The second-order valence-corrected chi connectivity index (χ2v) is 6.43. The lowest BCUT2D eigenvalue weighted by atomic mass is 10.0. The lowest BCUT2D eigenvalue weighted by Gasteiger charge is -2.08. The van der Waals surface area contributed by atoms with E-state index in [1.165, 1.54) is 23.0 Å². The Morgan fingerprint density at radius 2 is 1.90 bits per heavy atom. The quantitative estimate of drug-likeness (QED) is 0.491. The number of ketones is 1. The third-order valence-electron chi connectivity index (χ3n) is 4.45. The van der Waals surface area contributed by atoms with Crippen molar-refractivity contribution in [3.63, 3.8) is 0 Å². The number of halogens is 1. The van der Waals surface area contributed by atoms with Gasteiger partial charge in [0.25, 0.3) is 0 Å². The summed E-state index contributed by atoms with van der Waals surface area (Å²) in [7, 11) is 0. The van der Waals surface area contributed by atoms with Crippen LogP contribution in [0, 0.1) is 5.82 Å². The summed E-state index contributed by atoms with van der Waals surface area (Å²) in [6.45, 7) is 0.530. The van der Waals surface area contributed by atoms with Crippen molar-refractivity contribution in [3.8, 4) is 5.69 Å². The molecule has 2 aromatic heterocycles. The number of nitrogens with two attached hydrogens (primary N) is 1. The summed E-state index contributed by atoms with van der Waals surface area (Å²) < 4.78 is 14.6. The summed E-state index contributed by atoms with van der Waals surface area (Å²) in [5.41, 5.74) is 8.47. The van der Waals surface area contributed by atoms with Crippen LogP contribution in [0.3, 0.4) is 0 Å². The van der Waals surface area contributed by atoms with Gasteiger partial charge in [0.15, 0.2) is 5.78 Å². The number of hydrogen-bond acceptors (Lipinski definition) is 5. The van der Waals surface area contributed by atoms with Crippen LogP contribution in [0.5, 0.6) is 0 Å². The van der Waals surface area contributed by atoms with Crippen LogP contribution in [0.4, 0.5) is 16.0 Å². The van der Waals surface area contributed by atoms with Crippen LogP contribution in [0.1, 0.15) is 21.5 Å². The van der Waals surface area contributed by atoms with Gasteiger partial charge < -0.3 is 11.1 Å². The minimum atomic E-state index is -0.355. The molecule has 2 aromatic carbocycles. The molecule has 0 bridgehead atoms. The maximum atomic E-state index is 13.1. The first-order valence-corrected chi connectivity index (χ1v) is 9.00. The molecule has 0 atom stereocenters. The van der Waals surface area contributed by atoms with Crippen molar-refractivity contribution < 1.29 is 9.18 Å². The van der Waals surface area contributed by atoms with E-state index in [-0.39, 0.29) is 17.4 Å². The van der Waals surface area contributed by atoms with Gasteiger partial charge in [-0.2, -0.15) is 5.10 Å². The first-order chi connectivity index (χ1) is 14.1. The zero-order valence-electron chi connectivity index (χ0n) is 15.4. The van der Waals surface area contributed by atoms with Gasteiger partial charge in [-0.3, -0.25) is 4.79 Å². The molecular formula is C22H18FN5O. The molecule has 0 fully saturated rings. The maximum Gasteiger partial charge on any atom is 0.198 e. The highest BCUT2D eigenvalue weighted by Gasteiger charge is 2.18. The van der Waals surface area contributed by atoms with Crippen molar-refractivity contribution in [1.29, 1.82) is 0 Å². The van der Waals surface area contributed by atoms with Gasteiger partial charge in [-0.05, 0) is 48.0 Å². The molecule has 7 heteroatoms. The fraction of sp³-hybridized carbons (Fsp3) is 0.0455. The number of nitrogen functional groups attached to an aromatic ring is 1. The number of benzene rings is 2. The van der Waals surface area contributed by atoms with Gasteiger partial charge in [0.05, 0.1) is 17.4 Å². The van der Waals surface area contributed by atoms with Crippen molar-refractivity contribution in [3.05, 3.63) is 102 Å². The molecule has 3 N–H and O–H groups in total. The van der Waals surface area contributed by atoms with Crippen molar-refractivity contribution in [2.45, 2.75) is 6.54 Å². The third-order valence-corrected chi connectivity index (χ3v) is 4.45. The highest BCUT2D eigenvalue weighted by Crippen LogP contribution is 2.21. The van der Waals surface area contributed by atoms with E-state index in [1.807, 2.05) is 36.4 Å². The lowest BCUT2D eigenvalue weighted by molar-refractivity contribution is 0.103. The lowest BCUT2D eigenvalue weighted by Crippen LogP contribution is -2.08. The number of nitrogens with one attached hydrogen (secondary N) is 1. The summed E-state index contributed by atoms with van der Waals surface area (Å²) in [4.78, 5) is 17.2. The fourth-order valence-electron chi connectivity index (χ4n) is 2.96. The number of anilines is 2. The molecule has 0 saturated heterocycles. The Hall–Kier alpha value is -4.00. The number of carbonyl (C=O) groups excluding carboxylic acids is 1. The second kappa shape index (κ2) is 7.93. The van der Waals surface area contributed by atoms with Crippen molar-refractivity contribution >= 4 is 17.4 Å². The molecule has 2 heterocycles. The average molecular weight is 387 g/mol. The van der Waals surface area contributed by atoms with E-state index in [0.29, 0.717) is 23.4 Å². The zero-order valence-corrected chi connectivity index (χ0v) is 15.4. The first-order valence-electron chi connectivity index (χ1n) is 9.00.